The Bertz CT molecular complexity index is 718. The molecular weight excluding hydrogens is 370 g/mol. The summed E-state index contributed by atoms with van der Waals surface area (Å²) in [6.45, 7) is 9.14. The molecule has 0 saturated heterocycles. The highest BCUT2D eigenvalue weighted by atomic mass is 35.5. The van der Waals surface area contributed by atoms with Gasteiger partial charge in [0, 0.05) is 6.54 Å². The SMILES string of the molecule is CCCCCCCNCc1cc(Cl)c(OCc2cccc(C)c2)c(OCC)c1. The maximum Gasteiger partial charge on any atom is 0.180 e. The van der Waals surface area contributed by atoms with Gasteiger partial charge in [0.25, 0.3) is 0 Å². The Labute approximate surface area is 175 Å². The number of ether oxygens (including phenoxy) is 2. The van der Waals surface area contributed by atoms with Crippen LogP contribution >= 0.6 is 11.6 Å². The van der Waals surface area contributed by atoms with Crippen LogP contribution in [0, 0.1) is 6.92 Å². The fraction of sp³-hybridized carbons (Fsp3) is 0.500. The lowest BCUT2D eigenvalue weighted by Gasteiger charge is -2.16. The Morgan fingerprint density at radius 2 is 1.75 bits per heavy atom. The molecule has 0 aliphatic rings. The molecule has 0 heterocycles. The third-order valence-electron chi connectivity index (χ3n) is 4.62. The van der Waals surface area contributed by atoms with Gasteiger partial charge in [0.05, 0.1) is 11.6 Å². The molecule has 0 spiro atoms. The molecule has 4 heteroatoms. The highest BCUT2D eigenvalue weighted by Gasteiger charge is 2.13. The van der Waals surface area contributed by atoms with E-state index in [9.17, 15) is 0 Å². The van der Waals surface area contributed by atoms with Gasteiger partial charge in [-0.1, -0.05) is 74.0 Å². The number of benzene rings is 2. The van der Waals surface area contributed by atoms with Crippen LogP contribution in [0.15, 0.2) is 36.4 Å². The number of hydrogen-bond donors (Lipinski definition) is 1. The van der Waals surface area contributed by atoms with Gasteiger partial charge in [0.2, 0.25) is 0 Å². The summed E-state index contributed by atoms with van der Waals surface area (Å²) in [7, 11) is 0. The first-order chi connectivity index (χ1) is 13.6. The highest BCUT2D eigenvalue weighted by Crippen LogP contribution is 2.37. The van der Waals surface area contributed by atoms with E-state index in [-0.39, 0.29) is 0 Å². The van der Waals surface area contributed by atoms with E-state index in [1.165, 1.54) is 37.7 Å². The standard InChI is InChI=1S/C24H34ClNO2/c1-4-6-7-8-9-13-26-17-21-15-22(25)24(23(16-21)27-5-2)28-18-20-12-10-11-19(3)14-20/h10-12,14-16,26H,4-9,13,17-18H2,1-3H3. The lowest BCUT2D eigenvalue weighted by atomic mass is 10.1. The maximum atomic E-state index is 6.53. The Kier molecular flexibility index (Phi) is 10.2. The predicted octanol–water partition coefficient (Wildman–Crippen LogP) is 6.69. The third-order valence-corrected chi connectivity index (χ3v) is 4.90. The van der Waals surface area contributed by atoms with Crippen LogP contribution < -0.4 is 14.8 Å². The number of halogens is 1. The number of unbranched alkanes of at least 4 members (excludes halogenated alkanes) is 4. The molecule has 2 aromatic rings. The fourth-order valence-electron chi connectivity index (χ4n) is 3.17. The number of rotatable bonds is 13. The zero-order chi connectivity index (χ0) is 20.2. The molecule has 0 atom stereocenters. The first-order valence-corrected chi connectivity index (χ1v) is 10.9. The lowest BCUT2D eigenvalue weighted by molar-refractivity contribution is 0.269. The summed E-state index contributed by atoms with van der Waals surface area (Å²) in [6.07, 6.45) is 6.44. The van der Waals surface area contributed by atoms with Gasteiger partial charge in [-0.2, -0.15) is 0 Å². The first-order valence-electron chi connectivity index (χ1n) is 10.5. The van der Waals surface area contributed by atoms with E-state index < -0.39 is 0 Å². The number of aryl methyl sites for hydroxylation is 1. The summed E-state index contributed by atoms with van der Waals surface area (Å²) in [5.41, 5.74) is 3.45. The average Bonchev–Trinajstić information content (AvgIpc) is 2.67. The molecule has 0 unspecified atom stereocenters. The molecule has 1 N–H and O–H groups in total. The molecule has 2 rings (SSSR count). The zero-order valence-electron chi connectivity index (χ0n) is 17.5. The van der Waals surface area contributed by atoms with Crippen molar-refractivity contribution in [2.45, 2.75) is 66.0 Å². The first kappa shape index (κ1) is 22.6. The molecule has 0 aromatic heterocycles. The van der Waals surface area contributed by atoms with Gasteiger partial charge in [0.15, 0.2) is 11.5 Å². The summed E-state index contributed by atoms with van der Waals surface area (Å²) >= 11 is 6.53. The van der Waals surface area contributed by atoms with Gasteiger partial charge in [-0.15, -0.1) is 0 Å². The van der Waals surface area contributed by atoms with E-state index in [0.29, 0.717) is 29.7 Å². The number of hydrogen-bond acceptors (Lipinski definition) is 3. The van der Waals surface area contributed by atoms with Crippen LogP contribution in [0.3, 0.4) is 0 Å². The van der Waals surface area contributed by atoms with Crippen molar-refractivity contribution in [1.29, 1.82) is 0 Å². The van der Waals surface area contributed by atoms with Crippen molar-refractivity contribution in [3.8, 4) is 11.5 Å². The summed E-state index contributed by atoms with van der Waals surface area (Å²) in [5.74, 6) is 1.33. The van der Waals surface area contributed by atoms with E-state index in [1.807, 2.05) is 25.1 Å². The molecule has 154 valence electrons. The van der Waals surface area contributed by atoms with Crippen LogP contribution in [0.2, 0.25) is 5.02 Å². The Balaban J connectivity index is 1.94. The van der Waals surface area contributed by atoms with Crippen molar-refractivity contribution in [3.63, 3.8) is 0 Å². The third kappa shape index (κ3) is 7.73. The normalized spacial score (nSPS) is 10.9. The molecule has 0 aliphatic carbocycles. The van der Waals surface area contributed by atoms with Crippen LogP contribution in [0.1, 0.15) is 62.6 Å². The Hall–Kier alpha value is -1.71. The quantitative estimate of drug-likeness (QED) is 0.378. The predicted molar refractivity (Wildman–Crippen MR) is 119 cm³/mol. The van der Waals surface area contributed by atoms with Crippen molar-refractivity contribution in [3.05, 3.63) is 58.1 Å². The fourth-order valence-corrected chi connectivity index (χ4v) is 3.46. The van der Waals surface area contributed by atoms with E-state index in [1.54, 1.807) is 0 Å². The second-order valence-corrected chi connectivity index (χ2v) is 7.61. The van der Waals surface area contributed by atoms with Gasteiger partial charge < -0.3 is 14.8 Å². The van der Waals surface area contributed by atoms with Gasteiger partial charge in [-0.3, -0.25) is 0 Å². The zero-order valence-corrected chi connectivity index (χ0v) is 18.3. The molecule has 0 radical (unpaired) electrons. The molecule has 0 bridgehead atoms. The Morgan fingerprint density at radius 3 is 2.50 bits per heavy atom. The molecule has 2 aromatic carbocycles. The topological polar surface area (TPSA) is 30.5 Å². The van der Waals surface area contributed by atoms with Crippen molar-refractivity contribution in [2.24, 2.45) is 0 Å². The summed E-state index contributed by atoms with van der Waals surface area (Å²) in [4.78, 5) is 0. The van der Waals surface area contributed by atoms with Gasteiger partial charge in [0.1, 0.15) is 6.61 Å². The molecule has 0 saturated carbocycles. The molecule has 0 amide bonds. The summed E-state index contributed by atoms with van der Waals surface area (Å²) < 4.78 is 11.8. The van der Waals surface area contributed by atoms with Crippen molar-refractivity contribution in [2.75, 3.05) is 13.2 Å². The second kappa shape index (κ2) is 12.7. The van der Waals surface area contributed by atoms with Crippen LogP contribution in [-0.4, -0.2) is 13.2 Å². The van der Waals surface area contributed by atoms with Gasteiger partial charge in [-0.05, 0) is 50.1 Å². The summed E-state index contributed by atoms with van der Waals surface area (Å²) in [6, 6.07) is 12.3. The average molecular weight is 404 g/mol. The van der Waals surface area contributed by atoms with Gasteiger partial charge in [-0.25, -0.2) is 0 Å². The smallest absolute Gasteiger partial charge is 0.180 e. The molecule has 3 nitrogen and oxygen atoms in total. The molecule has 0 aliphatic heterocycles. The van der Waals surface area contributed by atoms with E-state index in [4.69, 9.17) is 21.1 Å². The minimum atomic E-state index is 0.469. The van der Waals surface area contributed by atoms with Crippen molar-refractivity contribution >= 4 is 11.6 Å². The van der Waals surface area contributed by atoms with E-state index >= 15 is 0 Å². The largest absolute Gasteiger partial charge is 0.490 e. The van der Waals surface area contributed by atoms with Crippen molar-refractivity contribution < 1.29 is 9.47 Å². The number of nitrogens with one attached hydrogen (secondary N) is 1. The van der Waals surface area contributed by atoms with E-state index in [2.05, 4.69) is 37.4 Å². The van der Waals surface area contributed by atoms with Crippen molar-refractivity contribution in [1.82, 2.24) is 5.32 Å². The highest BCUT2D eigenvalue weighted by molar-refractivity contribution is 6.32. The second-order valence-electron chi connectivity index (χ2n) is 7.21. The minimum absolute atomic E-state index is 0.469. The van der Waals surface area contributed by atoms with Crippen LogP contribution in [-0.2, 0) is 13.2 Å². The van der Waals surface area contributed by atoms with Crippen LogP contribution in [0.5, 0.6) is 11.5 Å². The van der Waals surface area contributed by atoms with Crippen LogP contribution in [0.25, 0.3) is 0 Å². The molecule has 28 heavy (non-hydrogen) atoms. The maximum absolute atomic E-state index is 6.53. The van der Waals surface area contributed by atoms with Gasteiger partial charge >= 0.3 is 0 Å². The Morgan fingerprint density at radius 1 is 0.929 bits per heavy atom. The minimum Gasteiger partial charge on any atom is -0.490 e. The van der Waals surface area contributed by atoms with E-state index in [0.717, 1.165) is 24.2 Å². The molecule has 0 fully saturated rings. The lowest BCUT2D eigenvalue weighted by Crippen LogP contribution is -2.15. The molecular formula is C24H34ClNO2. The monoisotopic (exact) mass is 403 g/mol. The summed E-state index contributed by atoms with van der Waals surface area (Å²) in [5, 5.41) is 4.10. The van der Waals surface area contributed by atoms with Crippen LogP contribution in [0.4, 0.5) is 0 Å².